The molecule has 1 aliphatic rings. The van der Waals surface area contributed by atoms with Gasteiger partial charge in [0.2, 0.25) is 5.91 Å². The predicted octanol–water partition coefficient (Wildman–Crippen LogP) is 0.923. The van der Waals surface area contributed by atoms with Crippen LogP contribution in [0.4, 0.5) is 0 Å². The van der Waals surface area contributed by atoms with E-state index in [9.17, 15) is 9.59 Å². The number of carbonyl (C=O) groups is 2. The lowest BCUT2D eigenvalue weighted by molar-refractivity contribution is -0.126. The normalized spacial score (nSPS) is 17.3. The Kier molecular flexibility index (Phi) is 5.62. The van der Waals surface area contributed by atoms with Crippen LogP contribution in [-0.4, -0.2) is 52.5 Å². The van der Waals surface area contributed by atoms with Gasteiger partial charge in [-0.15, -0.1) is 0 Å². The van der Waals surface area contributed by atoms with Gasteiger partial charge in [-0.3, -0.25) is 14.6 Å². The fourth-order valence-corrected chi connectivity index (χ4v) is 2.79. The highest BCUT2D eigenvalue weighted by Crippen LogP contribution is 2.17. The van der Waals surface area contributed by atoms with Crippen molar-refractivity contribution in [2.24, 2.45) is 0 Å². The van der Waals surface area contributed by atoms with E-state index in [-0.39, 0.29) is 23.4 Å². The molecule has 3 rings (SSSR count). The van der Waals surface area contributed by atoms with Crippen molar-refractivity contribution in [1.82, 2.24) is 25.7 Å². The molecular weight excluding hydrogens is 334 g/mol. The van der Waals surface area contributed by atoms with Crippen LogP contribution in [0.15, 0.2) is 35.0 Å². The lowest BCUT2D eigenvalue weighted by Gasteiger charge is -2.34. The monoisotopic (exact) mass is 357 g/mol. The third-order valence-electron chi connectivity index (χ3n) is 4.29. The molecule has 0 saturated carbocycles. The van der Waals surface area contributed by atoms with E-state index in [1.54, 1.807) is 17.2 Å². The molecule has 0 radical (unpaired) electrons. The minimum atomic E-state index is -0.598. The van der Waals surface area contributed by atoms with Gasteiger partial charge in [-0.25, -0.2) is 0 Å². The van der Waals surface area contributed by atoms with Gasteiger partial charge in [0.15, 0.2) is 5.69 Å². The highest BCUT2D eigenvalue weighted by Gasteiger charge is 2.34. The number of piperazine rings is 1. The van der Waals surface area contributed by atoms with Gasteiger partial charge in [-0.05, 0) is 12.1 Å². The van der Waals surface area contributed by atoms with Crippen molar-refractivity contribution in [1.29, 1.82) is 0 Å². The summed E-state index contributed by atoms with van der Waals surface area (Å²) >= 11 is 0. The Morgan fingerprint density at radius 3 is 2.96 bits per heavy atom. The fraction of sp³-hybridized carbons (Fsp3) is 0.444. The number of carbonyl (C=O) groups excluding carboxylic acids is 2. The maximum atomic E-state index is 12.8. The molecule has 0 unspecified atom stereocenters. The molecule has 26 heavy (non-hydrogen) atoms. The van der Waals surface area contributed by atoms with E-state index in [4.69, 9.17) is 4.52 Å². The average Bonchev–Trinajstić information content (AvgIpc) is 3.17. The summed E-state index contributed by atoms with van der Waals surface area (Å²) in [4.78, 5) is 31.2. The summed E-state index contributed by atoms with van der Waals surface area (Å²) in [6.07, 6.45) is 1.68. The molecule has 1 atom stereocenters. The molecule has 0 bridgehead atoms. The zero-order valence-corrected chi connectivity index (χ0v) is 14.9. The van der Waals surface area contributed by atoms with Crippen molar-refractivity contribution in [3.05, 3.63) is 47.6 Å². The molecule has 3 heterocycles. The van der Waals surface area contributed by atoms with E-state index in [1.165, 1.54) is 0 Å². The highest BCUT2D eigenvalue weighted by molar-refractivity contribution is 5.96. The number of aromatic nitrogens is 2. The molecule has 2 aromatic rings. The fourth-order valence-electron chi connectivity index (χ4n) is 2.79. The molecule has 2 N–H and O–H groups in total. The van der Waals surface area contributed by atoms with Crippen LogP contribution in [0.25, 0.3) is 0 Å². The zero-order chi connectivity index (χ0) is 18.5. The smallest absolute Gasteiger partial charge is 0.276 e. The number of nitrogens with one attached hydrogen (secondary N) is 2. The second-order valence-corrected chi connectivity index (χ2v) is 6.53. The molecule has 8 nitrogen and oxygen atoms in total. The SMILES string of the molecule is CC(C)c1cc(C(=O)N2CCNC[C@@H]2C(=O)NCc2ccccn2)no1. The Morgan fingerprint density at radius 2 is 2.27 bits per heavy atom. The Morgan fingerprint density at radius 1 is 1.42 bits per heavy atom. The lowest BCUT2D eigenvalue weighted by atomic mass is 10.1. The maximum absolute atomic E-state index is 12.8. The summed E-state index contributed by atoms with van der Waals surface area (Å²) in [5, 5.41) is 9.88. The summed E-state index contributed by atoms with van der Waals surface area (Å²) in [7, 11) is 0. The molecule has 1 aliphatic heterocycles. The number of nitrogens with zero attached hydrogens (tertiary/aromatic N) is 3. The first-order chi connectivity index (χ1) is 12.6. The summed E-state index contributed by atoms with van der Waals surface area (Å²) in [5.74, 6) is 0.285. The van der Waals surface area contributed by atoms with Crippen LogP contribution in [-0.2, 0) is 11.3 Å². The van der Waals surface area contributed by atoms with Gasteiger partial charge in [-0.2, -0.15) is 0 Å². The van der Waals surface area contributed by atoms with Gasteiger partial charge in [-0.1, -0.05) is 25.1 Å². The van der Waals surface area contributed by atoms with Crippen LogP contribution in [0.2, 0.25) is 0 Å². The second-order valence-electron chi connectivity index (χ2n) is 6.53. The minimum absolute atomic E-state index is 0.143. The van der Waals surface area contributed by atoms with E-state index in [2.05, 4.69) is 20.8 Å². The predicted molar refractivity (Wildman–Crippen MR) is 94.4 cm³/mol. The molecule has 2 amide bonds. The summed E-state index contributed by atoms with van der Waals surface area (Å²) in [5.41, 5.74) is 0.999. The number of pyridine rings is 1. The molecule has 0 aliphatic carbocycles. The minimum Gasteiger partial charge on any atom is -0.360 e. The number of amides is 2. The van der Waals surface area contributed by atoms with Crippen LogP contribution in [0.5, 0.6) is 0 Å². The molecule has 138 valence electrons. The van der Waals surface area contributed by atoms with Crippen LogP contribution in [0.1, 0.15) is 41.7 Å². The molecule has 0 spiro atoms. The zero-order valence-electron chi connectivity index (χ0n) is 14.9. The number of hydrogen-bond acceptors (Lipinski definition) is 6. The molecule has 1 saturated heterocycles. The van der Waals surface area contributed by atoms with Crippen molar-refractivity contribution in [2.45, 2.75) is 32.4 Å². The quantitative estimate of drug-likeness (QED) is 0.825. The standard InChI is InChI=1S/C18H23N5O3/c1-12(2)16-9-14(22-26-16)18(25)23-8-7-19-11-15(23)17(24)21-10-13-5-3-4-6-20-13/h3-6,9,12,15,19H,7-8,10-11H2,1-2H3,(H,21,24)/t15-/m1/s1. The lowest BCUT2D eigenvalue weighted by Crippen LogP contribution is -2.59. The Bertz CT molecular complexity index is 759. The molecular formula is C18H23N5O3. The van der Waals surface area contributed by atoms with E-state index in [0.29, 0.717) is 31.9 Å². The van der Waals surface area contributed by atoms with Crippen molar-refractivity contribution < 1.29 is 14.1 Å². The van der Waals surface area contributed by atoms with Crippen LogP contribution in [0.3, 0.4) is 0 Å². The first-order valence-corrected chi connectivity index (χ1v) is 8.72. The van der Waals surface area contributed by atoms with E-state index in [0.717, 1.165) is 5.69 Å². The molecule has 2 aromatic heterocycles. The van der Waals surface area contributed by atoms with Gasteiger partial charge in [0.05, 0.1) is 12.2 Å². The summed E-state index contributed by atoms with van der Waals surface area (Å²) in [6, 6.07) is 6.58. The third kappa shape index (κ3) is 4.08. The van der Waals surface area contributed by atoms with Gasteiger partial charge >= 0.3 is 0 Å². The van der Waals surface area contributed by atoms with Crippen molar-refractivity contribution in [2.75, 3.05) is 19.6 Å². The Labute approximate surface area is 151 Å². The molecule has 0 aromatic carbocycles. The van der Waals surface area contributed by atoms with Crippen molar-refractivity contribution in [3.63, 3.8) is 0 Å². The average molecular weight is 357 g/mol. The van der Waals surface area contributed by atoms with Crippen molar-refractivity contribution >= 4 is 11.8 Å². The Balaban J connectivity index is 1.68. The third-order valence-corrected chi connectivity index (χ3v) is 4.29. The van der Waals surface area contributed by atoms with Gasteiger partial charge < -0.3 is 20.1 Å². The molecule has 1 fully saturated rings. The van der Waals surface area contributed by atoms with Gasteiger partial charge in [0.1, 0.15) is 11.8 Å². The number of rotatable bonds is 5. The maximum Gasteiger partial charge on any atom is 0.276 e. The first kappa shape index (κ1) is 18.1. The second kappa shape index (κ2) is 8.09. The Hall–Kier alpha value is -2.74. The molecule has 8 heteroatoms. The van der Waals surface area contributed by atoms with Gasteiger partial charge in [0, 0.05) is 37.8 Å². The van der Waals surface area contributed by atoms with Crippen LogP contribution >= 0.6 is 0 Å². The number of hydrogen-bond donors (Lipinski definition) is 2. The van der Waals surface area contributed by atoms with E-state index >= 15 is 0 Å². The van der Waals surface area contributed by atoms with E-state index < -0.39 is 6.04 Å². The van der Waals surface area contributed by atoms with Gasteiger partial charge in [0.25, 0.3) is 5.91 Å². The highest BCUT2D eigenvalue weighted by atomic mass is 16.5. The topological polar surface area (TPSA) is 100 Å². The van der Waals surface area contributed by atoms with Crippen LogP contribution < -0.4 is 10.6 Å². The van der Waals surface area contributed by atoms with Crippen molar-refractivity contribution in [3.8, 4) is 0 Å². The van der Waals surface area contributed by atoms with E-state index in [1.807, 2.05) is 32.0 Å². The largest absolute Gasteiger partial charge is 0.360 e. The summed E-state index contributed by atoms with van der Waals surface area (Å²) < 4.78 is 5.22. The summed E-state index contributed by atoms with van der Waals surface area (Å²) in [6.45, 7) is 5.71. The van der Waals surface area contributed by atoms with Crippen LogP contribution in [0, 0.1) is 0 Å². The first-order valence-electron chi connectivity index (χ1n) is 8.72.